The van der Waals surface area contributed by atoms with Crippen molar-refractivity contribution in [2.24, 2.45) is 0 Å². The highest BCUT2D eigenvalue weighted by atomic mass is 15.2. The van der Waals surface area contributed by atoms with Crippen LogP contribution in [0.3, 0.4) is 0 Å². The number of fused-ring (bicyclic) bond motifs is 8. The Hall–Kier alpha value is -8.61. The summed E-state index contributed by atoms with van der Waals surface area (Å²) in [5, 5.41) is 5.52. The van der Waals surface area contributed by atoms with E-state index >= 15 is 0 Å². The van der Waals surface area contributed by atoms with Crippen molar-refractivity contribution >= 4 is 60.7 Å². The van der Waals surface area contributed by atoms with Gasteiger partial charge in [0.25, 0.3) is 0 Å². The Balaban J connectivity index is 0.987. The fourth-order valence-electron chi connectivity index (χ4n) is 18.8. The Kier molecular flexibility index (Phi) is 29.3. The summed E-state index contributed by atoms with van der Waals surface area (Å²) in [4.78, 5) is 18.2. The number of hydrogen-bond donors (Lipinski definition) is 0. The van der Waals surface area contributed by atoms with Gasteiger partial charge >= 0.3 is 0 Å². The van der Waals surface area contributed by atoms with E-state index in [2.05, 4.69) is 262 Å². The highest BCUT2D eigenvalue weighted by Crippen LogP contribution is 2.58. The van der Waals surface area contributed by atoms with Gasteiger partial charge in [-0.15, -0.1) is 0 Å². The molecule has 0 bridgehead atoms. The highest BCUT2D eigenvalue weighted by molar-refractivity contribution is 6.10. The third-order valence-electron chi connectivity index (χ3n) is 24.9. The first kappa shape index (κ1) is 79.5. The predicted molar refractivity (Wildman–Crippen MR) is 476 cm³/mol. The first-order chi connectivity index (χ1) is 54.4. The molecule has 0 atom stereocenters. The lowest BCUT2D eigenvalue weighted by Gasteiger charge is -2.47. The summed E-state index contributed by atoms with van der Waals surface area (Å²) in [7, 11) is 0. The fourth-order valence-corrected chi connectivity index (χ4v) is 18.8. The summed E-state index contributed by atoms with van der Waals surface area (Å²) < 4.78 is 5.67. The van der Waals surface area contributed by atoms with E-state index < -0.39 is 0 Å². The minimum Gasteiger partial charge on any atom is -0.337 e. The van der Waals surface area contributed by atoms with Crippen LogP contribution >= 0.6 is 0 Å². The molecular weight excluding hydrogens is 1330 g/mol. The molecule has 0 saturated heterocycles. The summed E-state index contributed by atoms with van der Waals surface area (Å²) in [6.45, 7) is 14.1. The molecule has 6 heteroatoms. The SMILES string of the molecule is CCCCCCCCC(CCCCCCCC)n1c2ccccc2c2ccc(-c3ccc4c(c3)C(CCCCCC)(CCCCCC)c3cc(-c5ccc6c7ccccc7n(C(CCCCCCCC)CCCCCCCC)c6c5)ccc3N4c3ccc(-c4nc(-c5ccccc5)nc(-c5ccccc5)n4)cc3)cc21. The molecule has 1 aliphatic rings. The molecule has 0 aliphatic carbocycles. The molecule has 0 radical (unpaired) electrons. The largest absolute Gasteiger partial charge is 0.337 e. The molecule has 0 amide bonds. The van der Waals surface area contributed by atoms with E-state index in [1.165, 1.54) is 320 Å². The van der Waals surface area contributed by atoms with Crippen LogP contribution in [0, 0.1) is 0 Å². The molecule has 6 nitrogen and oxygen atoms in total. The van der Waals surface area contributed by atoms with Gasteiger partial charge < -0.3 is 14.0 Å². The highest BCUT2D eigenvalue weighted by Gasteiger charge is 2.44. The Labute approximate surface area is 662 Å². The maximum atomic E-state index is 5.25. The summed E-state index contributed by atoms with van der Waals surface area (Å²) in [5.41, 5.74) is 20.0. The number of nitrogens with zero attached hydrogens (tertiary/aromatic N) is 6. The molecule has 0 unspecified atom stereocenters. The van der Waals surface area contributed by atoms with E-state index in [9.17, 15) is 0 Å². The molecule has 0 spiro atoms. The van der Waals surface area contributed by atoms with Gasteiger partial charge in [-0.1, -0.05) is 380 Å². The van der Waals surface area contributed by atoms with Gasteiger partial charge in [-0.05, 0) is 145 Å². The van der Waals surface area contributed by atoms with Crippen LogP contribution in [-0.4, -0.2) is 24.1 Å². The third kappa shape index (κ3) is 18.9. The fraction of sp³-hybridized carbons (Fsp3) is 0.452. The molecule has 13 rings (SSSR count). The number of para-hydroxylation sites is 2. The Morgan fingerprint density at radius 3 is 0.918 bits per heavy atom. The normalized spacial score (nSPS) is 12.8. The second-order valence-corrected chi connectivity index (χ2v) is 32.9. The first-order valence-electron chi connectivity index (χ1n) is 44.5. The Bertz CT molecular complexity index is 4500. The number of aromatic nitrogens is 5. The average molecular weight is 1460 g/mol. The number of benzene rings is 9. The smallest absolute Gasteiger partial charge is 0.164 e. The predicted octanol–water partition coefficient (Wildman–Crippen LogP) is 32.5. The number of hydrogen-bond acceptors (Lipinski definition) is 4. The monoisotopic (exact) mass is 1460 g/mol. The van der Waals surface area contributed by atoms with Crippen molar-refractivity contribution in [1.29, 1.82) is 0 Å². The molecule has 3 aromatic heterocycles. The molecule has 576 valence electrons. The van der Waals surface area contributed by atoms with Crippen LogP contribution in [0.4, 0.5) is 17.1 Å². The van der Waals surface area contributed by atoms with Crippen molar-refractivity contribution in [3.63, 3.8) is 0 Å². The molecule has 0 fully saturated rings. The topological polar surface area (TPSA) is 51.8 Å². The molecule has 0 saturated carbocycles. The van der Waals surface area contributed by atoms with Crippen LogP contribution in [-0.2, 0) is 5.41 Å². The molecule has 4 heterocycles. The lowest BCUT2D eigenvalue weighted by atomic mass is 9.64. The molecule has 0 N–H and O–H groups in total. The van der Waals surface area contributed by atoms with Gasteiger partial charge in [0.1, 0.15) is 0 Å². The van der Waals surface area contributed by atoms with Crippen LogP contribution in [0.15, 0.2) is 206 Å². The lowest BCUT2D eigenvalue weighted by Crippen LogP contribution is -2.36. The number of unbranched alkanes of at least 4 members (excludes halogenated alkanes) is 26. The van der Waals surface area contributed by atoms with Crippen LogP contribution < -0.4 is 4.90 Å². The summed E-state index contributed by atoms with van der Waals surface area (Å²) in [6, 6.07) is 80.2. The van der Waals surface area contributed by atoms with Gasteiger partial charge in [-0.2, -0.15) is 0 Å². The van der Waals surface area contributed by atoms with E-state index in [1.807, 2.05) is 0 Å². The maximum absolute atomic E-state index is 5.25. The van der Waals surface area contributed by atoms with Crippen molar-refractivity contribution in [2.45, 2.75) is 303 Å². The van der Waals surface area contributed by atoms with Gasteiger partial charge in [0.2, 0.25) is 0 Å². The van der Waals surface area contributed by atoms with Crippen molar-refractivity contribution in [3.8, 4) is 56.4 Å². The van der Waals surface area contributed by atoms with Crippen molar-refractivity contribution < 1.29 is 0 Å². The number of rotatable bonds is 46. The molecule has 1 aliphatic heterocycles. The number of anilines is 3. The average Bonchev–Trinajstić information content (AvgIpc) is 1.31. The van der Waals surface area contributed by atoms with E-state index in [4.69, 9.17) is 15.0 Å². The zero-order chi connectivity index (χ0) is 75.7. The minimum atomic E-state index is -0.280. The standard InChI is InChI=1S/C104H130N6/c1-7-13-19-25-29-39-53-86(54-40-30-26-20-14-8-2)108-95-59-45-43-57-89(95)91-69-63-84(77-99(91)108)82-65-71-97-93(75-82)104(73-47-23-17-11-5,74-48-24-18-12-6)94-76-83(85-64-70-92-90-58-44-46-60-96(90)109(100(92)78-85)87(55-41-31-27-21-15-9-3)56-42-32-28-22-16-10-4)66-72-98(94)110(97)88-67-61-81(62-68-88)103-106-101(79-49-35-33-36-50-79)105-102(107-103)80-51-37-34-38-52-80/h33-38,43-46,49-52,57-72,75-78,86-87H,7-32,39-42,47-48,53-56,73-74H2,1-6H3. The summed E-state index contributed by atoms with van der Waals surface area (Å²) in [5.74, 6) is 2.00. The zero-order valence-corrected chi connectivity index (χ0v) is 68.3. The van der Waals surface area contributed by atoms with Gasteiger partial charge in [0.15, 0.2) is 17.5 Å². The summed E-state index contributed by atoms with van der Waals surface area (Å²) >= 11 is 0. The van der Waals surface area contributed by atoms with Crippen LogP contribution in [0.25, 0.3) is 100 Å². The lowest BCUT2D eigenvalue weighted by molar-refractivity contribution is 0.391. The molecule has 9 aromatic carbocycles. The van der Waals surface area contributed by atoms with E-state index in [-0.39, 0.29) is 5.41 Å². The van der Waals surface area contributed by atoms with Crippen LogP contribution in [0.5, 0.6) is 0 Å². The first-order valence-corrected chi connectivity index (χ1v) is 44.5. The van der Waals surface area contributed by atoms with Gasteiger partial charge in [-0.25, -0.2) is 15.0 Å². The van der Waals surface area contributed by atoms with Crippen molar-refractivity contribution in [2.75, 3.05) is 4.90 Å². The minimum absolute atomic E-state index is 0.280. The Morgan fingerprint density at radius 1 is 0.255 bits per heavy atom. The summed E-state index contributed by atoms with van der Waals surface area (Å²) in [6.07, 6.45) is 48.4. The van der Waals surface area contributed by atoms with E-state index in [0.29, 0.717) is 29.6 Å². The van der Waals surface area contributed by atoms with Crippen molar-refractivity contribution in [3.05, 3.63) is 217 Å². The van der Waals surface area contributed by atoms with E-state index in [0.717, 1.165) is 35.2 Å². The molecule has 110 heavy (non-hydrogen) atoms. The van der Waals surface area contributed by atoms with Gasteiger partial charge in [0.05, 0.1) is 11.4 Å². The van der Waals surface area contributed by atoms with Crippen LogP contribution in [0.1, 0.15) is 309 Å². The quantitative estimate of drug-likeness (QED) is 0.0357. The molecule has 12 aromatic rings. The second-order valence-electron chi connectivity index (χ2n) is 32.9. The second kappa shape index (κ2) is 40.5. The molecular formula is C104H130N6. The Morgan fingerprint density at radius 2 is 0.545 bits per heavy atom. The van der Waals surface area contributed by atoms with Crippen molar-refractivity contribution in [1.82, 2.24) is 24.1 Å². The van der Waals surface area contributed by atoms with Gasteiger partial charge in [0, 0.05) is 83.5 Å². The van der Waals surface area contributed by atoms with Gasteiger partial charge in [-0.3, -0.25) is 0 Å². The maximum Gasteiger partial charge on any atom is 0.164 e. The zero-order valence-electron chi connectivity index (χ0n) is 68.3. The third-order valence-corrected chi connectivity index (χ3v) is 24.9. The van der Waals surface area contributed by atoms with E-state index in [1.54, 1.807) is 0 Å². The van der Waals surface area contributed by atoms with Crippen LogP contribution in [0.2, 0.25) is 0 Å².